The number of nitrogens with one attached hydrogen (secondary N) is 1. The van der Waals surface area contributed by atoms with E-state index < -0.39 is 0 Å². The molecule has 0 saturated carbocycles. The highest BCUT2D eigenvalue weighted by atomic mass is 35.5. The minimum Gasteiger partial charge on any atom is -0.310 e. The smallest absolute Gasteiger partial charge is 0.0140 e. The van der Waals surface area contributed by atoms with Gasteiger partial charge in [0.25, 0.3) is 0 Å². The van der Waals surface area contributed by atoms with Crippen LogP contribution in [0.3, 0.4) is 0 Å². The van der Waals surface area contributed by atoms with Gasteiger partial charge in [-0.2, -0.15) is 0 Å². The maximum absolute atomic E-state index is 3.59. The number of hydrogen-bond acceptors (Lipinski definition) is 1. The third-order valence-corrected chi connectivity index (χ3v) is 0.943. The molecule has 0 aliphatic rings. The largest absolute Gasteiger partial charge is 0.310 e. The average Bonchev–Trinajstić information content (AvgIpc) is 1.80. The fourth-order valence-electron chi connectivity index (χ4n) is 0.462. The molecule has 0 radical (unpaired) electrons. The van der Waals surface area contributed by atoms with Crippen molar-refractivity contribution in [1.82, 2.24) is 5.32 Å². The van der Waals surface area contributed by atoms with Gasteiger partial charge < -0.3 is 5.32 Å². The fourth-order valence-corrected chi connectivity index (χ4v) is 0.462. The van der Waals surface area contributed by atoms with E-state index in [1.807, 2.05) is 6.08 Å². The minimum absolute atomic E-state index is 0. The summed E-state index contributed by atoms with van der Waals surface area (Å²) in [6.45, 7) is 9.63. The number of rotatable bonds is 4. The SMILES string of the molecule is C=CCNCC=C(C)C.Cl. The van der Waals surface area contributed by atoms with E-state index in [9.17, 15) is 0 Å². The van der Waals surface area contributed by atoms with E-state index in [0.717, 1.165) is 13.1 Å². The maximum Gasteiger partial charge on any atom is 0.0140 e. The summed E-state index contributed by atoms with van der Waals surface area (Å²) in [6.07, 6.45) is 4.02. The first kappa shape index (κ1) is 12.4. The van der Waals surface area contributed by atoms with Gasteiger partial charge in [-0.1, -0.05) is 17.7 Å². The first-order chi connectivity index (χ1) is 4.27. The summed E-state index contributed by atoms with van der Waals surface area (Å²) in [6, 6.07) is 0. The molecule has 0 rings (SSSR count). The molecule has 0 bridgehead atoms. The summed E-state index contributed by atoms with van der Waals surface area (Å²) in [5, 5.41) is 3.17. The predicted octanol–water partition coefficient (Wildman–Crippen LogP) is 2.15. The van der Waals surface area contributed by atoms with E-state index in [0.29, 0.717) is 0 Å². The van der Waals surface area contributed by atoms with Crippen LogP contribution in [-0.2, 0) is 0 Å². The van der Waals surface area contributed by atoms with Crippen molar-refractivity contribution in [2.75, 3.05) is 13.1 Å². The Bertz CT molecular complexity index is 104. The van der Waals surface area contributed by atoms with Gasteiger partial charge in [0.2, 0.25) is 0 Å². The summed E-state index contributed by atoms with van der Waals surface area (Å²) in [7, 11) is 0. The summed E-state index contributed by atoms with van der Waals surface area (Å²) in [5.74, 6) is 0. The molecule has 2 heteroatoms. The molecule has 0 fully saturated rings. The topological polar surface area (TPSA) is 12.0 Å². The Kier molecular flexibility index (Phi) is 10.8. The van der Waals surface area contributed by atoms with Crippen LogP contribution in [0.4, 0.5) is 0 Å². The van der Waals surface area contributed by atoms with Crippen LogP contribution in [0.1, 0.15) is 13.8 Å². The van der Waals surface area contributed by atoms with E-state index in [4.69, 9.17) is 0 Å². The van der Waals surface area contributed by atoms with Crippen LogP contribution in [0.2, 0.25) is 0 Å². The van der Waals surface area contributed by atoms with E-state index in [1.165, 1.54) is 5.57 Å². The van der Waals surface area contributed by atoms with Crippen LogP contribution in [0, 0.1) is 0 Å². The molecule has 0 aliphatic carbocycles. The Balaban J connectivity index is 0. The van der Waals surface area contributed by atoms with Crippen molar-refractivity contribution in [3.8, 4) is 0 Å². The van der Waals surface area contributed by atoms with E-state index in [2.05, 4.69) is 31.8 Å². The molecule has 0 amide bonds. The third kappa shape index (κ3) is 10.7. The molecule has 0 aromatic rings. The van der Waals surface area contributed by atoms with Gasteiger partial charge in [-0.15, -0.1) is 19.0 Å². The van der Waals surface area contributed by atoms with Gasteiger partial charge in [0.05, 0.1) is 0 Å². The third-order valence-electron chi connectivity index (χ3n) is 0.943. The average molecular weight is 162 g/mol. The van der Waals surface area contributed by atoms with Gasteiger partial charge in [0, 0.05) is 13.1 Å². The lowest BCUT2D eigenvalue weighted by atomic mass is 10.3. The highest BCUT2D eigenvalue weighted by Crippen LogP contribution is 1.84. The lowest BCUT2D eigenvalue weighted by Gasteiger charge is -1.94. The number of halogens is 1. The summed E-state index contributed by atoms with van der Waals surface area (Å²) in [5.41, 5.74) is 1.35. The molecule has 0 spiro atoms. The summed E-state index contributed by atoms with van der Waals surface area (Å²) >= 11 is 0. The summed E-state index contributed by atoms with van der Waals surface area (Å²) in [4.78, 5) is 0. The predicted molar refractivity (Wildman–Crippen MR) is 49.7 cm³/mol. The maximum atomic E-state index is 3.59. The standard InChI is InChI=1S/C8H15N.ClH/c1-4-6-9-7-5-8(2)3;/h4-5,9H,1,6-7H2,2-3H3;1H. The van der Waals surface area contributed by atoms with Crippen LogP contribution in [-0.4, -0.2) is 13.1 Å². The highest BCUT2D eigenvalue weighted by Gasteiger charge is 1.76. The monoisotopic (exact) mass is 161 g/mol. The lowest BCUT2D eigenvalue weighted by molar-refractivity contribution is 0.839. The zero-order valence-corrected chi connectivity index (χ0v) is 7.50. The second-order valence-corrected chi connectivity index (χ2v) is 2.23. The molecule has 0 unspecified atom stereocenters. The lowest BCUT2D eigenvalue weighted by Crippen LogP contribution is -2.12. The summed E-state index contributed by atoms with van der Waals surface area (Å²) < 4.78 is 0. The van der Waals surface area contributed by atoms with Crippen molar-refractivity contribution in [3.63, 3.8) is 0 Å². The van der Waals surface area contributed by atoms with Gasteiger partial charge in [0.15, 0.2) is 0 Å². The van der Waals surface area contributed by atoms with Gasteiger partial charge in [-0.3, -0.25) is 0 Å². The van der Waals surface area contributed by atoms with Gasteiger partial charge in [0.1, 0.15) is 0 Å². The number of allylic oxidation sites excluding steroid dienone is 1. The normalized spacial score (nSPS) is 7.80. The van der Waals surface area contributed by atoms with E-state index >= 15 is 0 Å². The molecular formula is C8H16ClN. The van der Waals surface area contributed by atoms with Crippen molar-refractivity contribution in [3.05, 3.63) is 24.3 Å². The Morgan fingerprint density at radius 1 is 1.40 bits per heavy atom. The molecular weight excluding hydrogens is 146 g/mol. The molecule has 0 aromatic carbocycles. The van der Waals surface area contributed by atoms with Crippen LogP contribution < -0.4 is 5.32 Å². The van der Waals surface area contributed by atoms with Crippen LogP contribution >= 0.6 is 12.4 Å². The zero-order chi connectivity index (χ0) is 7.11. The molecule has 10 heavy (non-hydrogen) atoms. The van der Waals surface area contributed by atoms with Gasteiger partial charge in [-0.05, 0) is 13.8 Å². The molecule has 0 heterocycles. The van der Waals surface area contributed by atoms with Crippen molar-refractivity contribution in [2.24, 2.45) is 0 Å². The van der Waals surface area contributed by atoms with Crippen molar-refractivity contribution >= 4 is 12.4 Å². The zero-order valence-electron chi connectivity index (χ0n) is 6.68. The first-order valence-corrected chi connectivity index (χ1v) is 3.22. The van der Waals surface area contributed by atoms with Crippen molar-refractivity contribution < 1.29 is 0 Å². The molecule has 0 saturated heterocycles. The van der Waals surface area contributed by atoms with Crippen LogP contribution in [0.15, 0.2) is 24.3 Å². The Morgan fingerprint density at radius 2 is 2.00 bits per heavy atom. The molecule has 60 valence electrons. The fraction of sp³-hybridized carbons (Fsp3) is 0.500. The van der Waals surface area contributed by atoms with Crippen molar-refractivity contribution in [1.29, 1.82) is 0 Å². The Morgan fingerprint density at radius 3 is 2.40 bits per heavy atom. The van der Waals surface area contributed by atoms with Crippen LogP contribution in [0.5, 0.6) is 0 Å². The second kappa shape index (κ2) is 8.73. The quantitative estimate of drug-likeness (QED) is 0.492. The molecule has 1 N–H and O–H groups in total. The Labute approximate surface area is 69.6 Å². The second-order valence-electron chi connectivity index (χ2n) is 2.23. The van der Waals surface area contributed by atoms with Gasteiger partial charge in [-0.25, -0.2) is 0 Å². The van der Waals surface area contributed by atoms with E-state index in [1.54, 1.807) is 0 Å². The number of hydrogen-bond donors (Lipinski definition) is 1. The molecule has 0 aliphatic heterocycles. The Hall–Kier alpha value is -0.270. The van der Waals surface area contributed by atoms with E-state index in [-0.39, 0.29) is 12.4 Å². The van der Waals surface area contributed by atoms with Crippen LogP contribution in [0.25, 0.3) is 0 Å². The van der Waals surface area contributed by atoms with Crippen molar-refractivity contribution in [2.45, 2.75) is 13.8 Å². The molecule has 0 atom stereocenters. The minimum atomic E-state index is 0. The first-order valence-electron chi connectivity index (χ1n) is 3.22. The molecule has 1 nitrogen and oxygen atoms in total. The highest BCUT2D eigenvalue weighted by molar-refractivity contribution is 5.85. The molecule has 0 aromatic heterocycles. The van der Waals surface area contributed by atoms with Gasteiger partial charge >= 0.3 is 0 Å².